The van der Waals surface area contributed by atoms with E-state index in [0.717, 1.165) is 15.5 Å². The fourth-order valence-corrected chi connectivity index (χ4v) is 6.06. The Morgan fingerprint density at radius 2 is 1.85 bits per heavy atom. The lowest BCUT2D eigenvalue weighted by Crippen LogP contribution is -2.60. The average molecular weight is 576 g/mol. The maximum absolute atomic E-state index is 15.3. The van der Waals surface area contributed by atoms with Gasteiger partial charge < -0.3 is 19.9 Å². The van der Waals surface area contributed by atoms with Crippen LogP contribution in [0.15, 0.2) is 48.7 Å². The minimum absolute atomic E-state index is 0.166. The number of amides is 1. The summed E-state index contributed by atoms with van der Waals surface area (Å²) in [6.45, 7) is 9.49. The molecular weight excluding hydrogens is 546 g/mol. The van der Waals surface area contributed by atoms with Gasteiger partial charge in [-0.05, 0) is 69.7 Å². The maximum Gasteiger partial charge on any atom is 0.573 e. The van der Waals surface area contributed by atoms with Crippen LogP contribution in [0.5, 0.6) is 5.75 Å². The smallest absolute Gasteiger partial charge is 0.406 e. The van der Waals surface area contributed by atoms with Gasteiger partial charge in [0.05, 0.1) is 16.9 Å². The van der Waals surface area contributed by atoms with Gasteiger partial charge in [-0.3, -0.25) is 9.20 Å². The maximum atomic E-state index is 15.3. The second-order valence-corrected chi connectivity index (χ2v) is 11.6. The van der Waals surface area contributed by atoms with Crippen LogP contribution in [0.25, 0.3) is 4.96 Å². The first kappa shape index (κ1) is 27.8. The van der Waals surface area contributed by atoms with E-state index in [4.69, 9.17) is 0 Å². The van der Waals surface area contributed by atoms with Gasteiger partial charge in [0.2, 0.25) is 0 Å². The first-order chi connectivity index (χ1) is 18.8. The third-order valence-corrected chi connectivity index (χ3v) is 7.82. The lowest BCUT2D eigenvalue weighted by Gasteiger charge is -2.49. The Hall–Kier alpha value is -3.80. The van der Waals surface area contributed by atoms with Crippen molar-refractivity contribution in [2.24, 2.45) is 0 Å². The van der Waals surface area contributed by atoms with Crippen molar-refractivity contribution in [3.63, 3.8) is 0 Å². The van der Waals surface area contributed by atoms with Gasteiger partial charge in [0.15, 0.2) is 4.96 Å². The van der Waals surface area contributed by atoms with E-state index < -0.39 is 11.9 Å². The Morgan fingerprint density at radius 3 is 2.50 bits per heavy atom. The topological polar surface area (TPSA) is 62.1 Å². The molecule has 0 spiro atoms. The number of rotatable bonds is 6. The molecule has 5 rings (SSSR count). The number of hydrogen-bond acceptors (Lipinski definition) is 6. The van der Waals surface area contributed by atoms with Crippen molar-refractivity contribution < 1.29 is 27.1 Å². The number of nitrogens with one attached hydrogen (secondary N) is 1. The number of carbonyl (C=O) groups excluding carboxylic acids is 1. The quantitative estimate of drug-likeness (QED) is 0.282. The highest BCUT2D eigenvalue weighted by Gasteiger charge is 2.35. The molecule has 4 aromatic rings. The fraction of sp³-hybridized carbons (Fsp3) is 0.357. The number of halogens is 4. The molecule has 0 radical (unpaired) electrons. The number of aryl methyl sites for hydroxylation is 2. The van der Waals surface area contributed by atoms with Crippen molar-refractivity contribution in [3.05, 3.63) is 76.3 Å². The van der Waals surface area contributed by atoms with Crippen molar-refractivity contribution in [1.29, 1.82) is 0 Å². The van der Waals surface area contributed by atoms with Crippen LogP contribution in [0.3, 0.4) is 0 Å². The summed E-state index contributed by atoms with van der Waals surface area (Å²) < 4.78 is 58.5. The third-order valence-electron chi connectivity index (χ3n) is 6.92. The Kier molecular flexibility index (Phi) is 7.15. The molecule has 1 fully saturated rings. The Bertz CT molecular complexity index is 1540. The molecule has 0 atom stereocenters. The highest BCUT2D eigenvalue weighted by molar-refractivity contribution is 7.17. The van der Waals surface area contributed by atoms with Crippen LogP contribution in [-0.4, -0.2) is 46.8 Å². The summed E-state index contributed by atoms with van der Waals surface area (Å²) in [6.07, 6.45) is -2.87. The number of imidazole rings is 1. The minimum atomic E-state index is -4.74. The molecule has 0 bridgehead atoms. The number of ether oxygens (including phenoxy) is 1. The molecular formula is C28H29F4N5O2S. The molecule has 1 N–H and O–H groups in total. The molecule has 212 valence electrons. The predicted molar refractivity (Wildman–Crippen MR) is 147 cm³/mol. The number of alkyl halides is 3. The molecule has 0 aliphatic carbocycles. The van der Waals surface area contributed by atoms with Crippen LogP contribution in [0.4, 0.5) is 28.9 Å². The number of benzene rings is 2. The van der Waals surface area contributed by atoms with Crippen LogP contribution in [0, 0.1) is 19.7 Å². The molecule has 0 unspecified atom stereocenters. The Morgan fingerprint density at radius 1 is 1.12 bits per heavy atom. The van der Waals surface area contributed by atoms with Gasteiger partial charge in [-0.2, -0.15) is 0 Å². The molecule has 2 aromatic heterocycles. The SMILES string of the molecule is Cc1cn2c(C(=O)NCc3ccc(N4CCN(c5ccc(OC(F)(F)F)cc5)C(C)(C)C4)c(F)c3)c(C)nc2s1. The van der Waals surface area contributed by atoms with E-state index in [-0.39, 0.29) is 24.0 Å². The van der Waals surface area contributed by atoms with E-state index in [2.05, 4.69) is 19.9 Å². The summed E-state index contributed by atoms with van der Waals surface area (Å²) in [6, 6.07) is 10.7. The van der Waals surface area contributed by atoms with Crippen molar-refractivity contribution in [2.45, 2.75) is 46.1 Å². The Balaban J connectivity index is 1.23. The van der Waals surface area contributed by atoms with Gasteiger partial charge in [-0.25, -0.2) is 9.37 Å². The van der Waals surface area contributed by atoms with Gasteiger partial charge in [-0.1, -0.05) is 6.07 Å². The summed E-state index contributed by atoms with van der Waals surface area (Å²) in [4.78, 5) is 23.2. The summed E-state index contributed by atoms with van der Waals surface area (Å²) in [5.41, 5.74) is 2.52. The molecule has 40 heavy (non-hydrogen) atoms. The number of aromatic nitrogens is 2. The fourth-order valence-electron chi connectivity index (χ4n) is 5.19. The highest BCUT2D eigenvalue weighted by atomic mass is 32.1. The highest BCUT2D eigenvalue weighted by Crippen LogP contribution is 2.33. The van der Waals surface area contributed by atoms with Crippen LogP contribution >= 0.6 is 11.3 Å². The number of fused-ring (bicyclic) bond motifs is 1. The van der Waals surface area contributed by atoms with Gasteiger partial charge in [0, 0.05) is 42.9 Å². The molecule has 3 heterocycles. The molecule has 0 saturated carbocycles. The second kappa shape index (κ2) is 10.3. The zero-order valence-corrected chi connectivity index (χ0v) is 23.3. The summed E-state index contributed by atoms with van der Waals surface area (Å²) >= 11 is 1.51. The second-order valence-electron chi connectivity index (χ2n) is 10.4. The molecule has 1 aliphatic heterocycles. The number of thiazole rings is 1. The largest absolute Gasteiger partial charge is 0.573 e. The normalized spacial score (nSPS) is 15.5. The van der Waals surface area contributed by atoms with Crippen molar-refractivity contribution >= 4 is 33.6 Å². The summed E-state index contributed by atoms with van der Waals surface area (Å²) in [5.74, 6) is -0.939. The number of hydrogen-bond donors (Lipinski definition) is 1. The zero-order valence-electron chi connectivity index (χ0n) is 22.5. The molecule has 7 nitrogen and oxygen atoms in total. The van der Waals surface area contributed by atoms with Crippen molar-refractivity contribution in [1.82, 2.24) is 14.7 Å². The first-order valence-electron chi connectivity index (χ1n) is 12.7. The van der Waals surface area contributed by atoms with E-state index in [1.54, 1.807) is 35.6 Å². The van der Waals surface area contributed by atoms with E-state index in [9.17, 15) is 18.0 Å². The lowest BCUT2D eigenvalue weighted by atomic mass is 9.97. The van der Waals surface area contributed by atoms with E-state index in [0.29, 0.717) is 42.3 Å². The number of piperazine rings is 1. The average Bonchev–Trinajstić information content (AvgIpc) is 3.35. The van der Waals surface area contributed by atoms with Gasteiger partial charge in [-0.15, -0.1) is 24.5 Å². The number of carbonyl (C=O) groups is 1. The van der Waals surface area contributed by atoms with Crippen LogP contribution < -0.4 is 19.9 Å². The molecule has 1 amide bonds. The Labute approximate surface area is 233 Å². The van der Waals surface area contributed by atoms with Gasteiger partial charge in [0.25, 0.3) is 5.91 Å². The number of nitrogens with zero attached hydrogens (tertiary/aromatic N) is 4. The molecule has 12 heteroatoms. The van der Waals surface area contributed by atoms with E-state index >= 15 is 4.39 Å². The van der Waals surface area contributed by atoms with Crippen LogP contribution in [-0.2, 0) is 6.54 Å². The van der Waals surface area contributed by atoms with Crippen molar-refractivity contribution in [3.8, 4) is 5.75 Å². The van der Waals surface area contributed by atoms with Crippen molar-refractivity contribution in [2.75, 3.05) is 29.4 Å². The molecule has 1 saturated heterocycles. The lowest BCUT2D eigenvalue weighted by molar-refractivity contribution is -0.274. The summed E-state index contributed by atoms with van der Waals surface area (Å²) in [7, 11) is 0. The monoisotopic (exact) mass is 575 g/mol. The molecule has 2 aromatic carbocycles. The van der Waals surface area contributed by atoms with Crippen LogP contribution in [0.1, 0.15) is 40.5 Å². The minimum Gasteiger partial charge on any atom is -0.406 e. The van der Waals surface area contributed by atoms with Crippen LogP contribution in [0.2, 0.25) is 0 Å². The summed E-state index contributed by atoms with van der Waals surface area (Å²) in [5, 5.41) is 2.87. The zero-order chi connectivity index (χ0) is 28.8. The van der Waals surface area contributed by atoms with E-state index in [1.807, 2.05) is 31.9 Å². The first-order valence-corrected chi connectivity index (χ1v) is 13.5. The number of anilines is 2. The van der Waals surface area contributed by atoms with Gasteiger partial charge >= 0.3 is 6.36 Å². The van der Waals surface area contributed by atoms with E-state index in [1.165, 1.54) is 29.5 Å². The standard InChI is InChI=1S/C28H29F4N5O2S/c1-17-15-36-24(18(2)34-26(36)40-17)25(38)33-14-19-5-10-23(22(29)13-19)35-11-12-37(27(3,4)16-35)20-6-8-21(9-7-20)39-28(30,31)32/h5-10,13,15H,11-12,14,16H2,1-4H3,(H,33,38). The predicted octanol–water partition coefficient (Wildman–Crippen LogP) is 6.09. The molecule has 1 aliphatic rings. The third kappa shape index (κ3) is 5.72. The van der Waals surface area contributed by atoms with Gasteiger partial charge in [0.1, 0.15) is 17.3 Å².